The molecule has 0 unspecified atom stereocenters. The van der Waals surface area contributed by atoms with Gasteiger partial charge >= 0.3 is 0 Å². The molecule has 1 saturated carbocycles. The molecule has 2 fully saturated rings. The molecule has 2 N–H and O–H groups in total. The fourth-order valence-corrected chi connectivity index (χ4v) is 3.45. The fraction of sp³-hybridized carbons (Fsp3) is 0.611. The number of likely N-dealkylation sites (N-methyl/N-ethyl adjacent to an activating group) is 1. The topological polar surface area (TPSA) is 49.6 Å². The lowest BCUT2D eigenvalue weighted by molar-refractivity contribution is -0.122. The van der Waals surface area contributed by atoms with Gasteiger partial charge in [0.05, 0.1) is 0 Å². The molecule has 2 aliphatic rings. The first-order valence-corrected chi connectivity index (χ1v) is 8.35. The van der Waals surface area contributed by atoms with Gasteiger partial charge in [-0.2, -0.15) is 0 Å². The average Bonchev–Trinajstić information content (AvgIpc) is 3.31. The summed E-state index contributed by atoms with van der Waals surface area (Å²) in [4.78, 5) is 16.0. The second-order valence-electron chi connectivity index (χ2n) is 7.09. The molecular weight excluding hydrogens is 274 g/mol. The van der Waals surface area contributed by atoms with Gasteiger partial charge in [0.1, 0.15) is 6.04 Å². The van der Waals surface area contributed by atoms with Crippen molar-refractivity contribution in [2.45, 2.75) is 44.6 Å². The molecule has 1 aliphatic heterocycles. The monoisotopic (exact) mass is 301 g/mol. The first kappa shape index (κ1) is 15.3. The highest BCUT2D eigenvalue weighted by atomic mass is 16.1. The van der Waals surface area contributed by atoms with Crippen molar-refractivity contribution in [2.75, 3.05) is 31.6 Å². The van der Waals surface area contributed by atoms with E-state index in [9.17, 15) is 4.79 Å². The maximum Gasteiger partial charge on any atom is 0.236 e. The van der Waals surface area contributed by atoms with Gasteiger partial charge in [0.15, 0.2) is 0 Å². The Bertz CT molecular complexity index is 565. The van der Waals surface area contributed by atoms with Crippen molar-refractivity contribution in [3.63, 3.8) is 0 Å². The van der Waals surface area contributed by atoms with E-state index >= 15 is 0 Å². The first-order valence-electron chi connectivity index (χ1n) is 8.35. The molecule has 1 heterocycles. The van der Waals surface area contributed by atoms with Gasteiger partial charge in [0, 0.05) is 25.3 Å². The molecule has 4 nitrogen and oxygen atoms in total. The summed E-state index contributed by atoms with van der Waals surface area (Å²) >= 11 is 0. The van der Waals surface area contributed by atoms with Crippen molar-refractivity contribution in [1.82, 2.24) is 4.90 Å². The molecule has 22 heavy (non-hydrogen) atoms. The van der Waals surface area contributed by atoms with Crippen LogP contribution in [0.4, 0.5) is 5.69 Å². The largest absolute Gasteiger partial charge is 0.368 e. The highest BCUT2D eigenvalue weighted by Crippen LogP contribution is 2.44. The minimum atomic E-state index is -0.228. The molecule has 1 aromatic carbocycles. The molecule has 0 bridgehead atoms. The summed E-state index contributed by atoms with van der Waals surface area (Å²) in [7, 11) is 1.98. The Labute approximate surface area is 133 Å². The van der Waals surface area contributed by atoms with Gasteiger partial charge in [0.25, 0.3) is 0 Å². The van der Waals surface area contributed by atoms with E-state index in [1.807, 2.05) is 7.05 Å². The number of nitrogens with two attached hydrogens (primary N) is 1. The van der Waals surface area contributed by atoms with Crippen LogP contribution < -0.4 is 10.6 Å². The zero-order chi connectivity index (χ0) is 15.9. The van der Waals surface area contributed by atoms with Crippen LogP contribution >= 0.6 is 0 Å². The molecule has 1 aromatic rings. The molecule has 0 aromatic heterocycles. The van der Waals surface area contributed by atoms with Gasteiger partial charge in [-0.1, -0.05) is 19.9 Å². The summed E-state index contributed by atoms with van der Waals surface area (Å²) in [6.07, 6.45) is 2.63. The van der Waals surface area contributed by atoms with Gasteiger partial charge in [-0.25, -0.2) is 0 Å². The molecule has 1 saturated heterocycles. The van der Waals surface area contributed by atoms with Crippen LogP contribution in [-0.2, 0) is 4.79 Å². The summed E-state index contributed by atoms with van der Waals surface area (Å²) in [5, 5.41) is 0. The Morgan fingerprint density at radius 3 is 2.59 bits per heavy atom. The summed E-state index contributed by atoms with van der Waals surface area (Å²) in [5.74, 6) is 1.08. The zero-order valence-corrected chi connectivity index (χ0v) is 13.9. The van der Waals surface area contributed by atoms with E-state index in [-0.39, 0.29) is 11.9 Å². The third kappa shape index (κ3) is 2.98. The number of carbonyl (C=O) groups excluding carboxylic acids is 1. The highest BCUT2D eigenvalue weighted by molar-refractivity contribution is 5.81. The van der Waals surface area contributed by atoms with Gasteiger partial charge in [-0.15, -0.1) is 0 Å². The van der Waals surface area contributed by atoms with Gasteiger partial charge < -0.3 is 10.6 Å². The van der Waals surface area contributed by atoms with Gasteiger partial charge in [0.2, 0.25) is 5.91 Å². The standard InChI is InChI=1S/C18H27N3O/c1-12(2)15-7-6-14(10-16(15)13-4-5-13)21-9-8-20(3)17(11-21)18(19)22/h6-7,10,12-13,17H,4-5,8-9,11H2,1-3H3,(H2,19,22)/t17-/m0/s1. The van der Waals surface area contributed by atoms with Crippen LogP contribution in [0.5, 0.6) is 0 Å². The quantitative estimate of drug-likeness (QED) is 0.928. The lowest BCUT2D eigenvalue weighted by Gasteiger charge is -2.39. The molecule has 120 valence electrons. The number of piperazine rings is 1. The second-order valence-corrected chi connectivity index (χ2v) is 7.09. The van der Waals surface area contributed by atoms with E-state index in [1.54, 1.807) is 0 Å². The number of primary amides is 1. The number of carbonyl (C=O) groups is 1. The van der Waals surface area contributed by atoms with E-state index in [1.165, 1.54) is 29.7 Å². The van der Waals surface area contributed by atoms with Crippen LogP contribution in [0.25, 0.3) is 0 Å². The number of hydrogen-bond acceptors (Lipinski definition) is 3. The zero-order valence-electron chi connectivity index (χ0n) is 13.9. The van der Waals surface area contributed by atoms with E-state index in [2.05, 4.69) is 41.8 Å². The van der Waals surface area contributed by atoms with Crippen molar-refractivity contribution in [3.8, 4) is 0 Å². The number of amides is 1. The molecule has 1 atom stereocenters. The Morgan fingerprint density at radius 2 is 2.00 bits per heavy atom. The summed E-state index contributed by atoms with van der Waals surface area (Å²) < 4.78 is 0. The number of rotatable bonds is 4. The Morgan fingerprint density at radius 1 is 1.27 bits per heavy atom. The van der Waals surface area contributed by atoms with Crippen LogP contribution in [0.15, 0.2) is 18.2 Å². The minimum Gasteiger partial charge on any atom is -0.368 e. The van der Waals surface area contributed by atoms with Crippen LogP contribution in [0.2, 0.25) is 0 Å². The van der Waals surface area contributed by atoms with Gasteiger partial charge in [-0.05, 0) is 55.0 Å². The van der Waals surface area contributed by atoms with Crippen molar-refractivity contribution >= 4 is 11.6 Å². The van der Waals surface area contributed by atoms with Crippen molar-refractivity contribution in [2.24, 2.45) is 5.73 Å². The summed E-state index contributed by atoms with van der Waals surface area (Å²) in [5.41, 5.74) is 9.78. The maximum absolute atomic E-state index is 11.6. The highest BCUT2D eigenvalue weighted by Gasteiger charge is 2.31. The third-order valence-electron chi connectivity index (χ3n) is 5.05. The maximum atomic E-state index is 11.6. The normalized spacial score (nSPS) is 23.1. The van der Waals surface area contributed by atoms with E-state index in [0.29, 0.717) is 12.5 Å². The molecule has 4 heteroatoms. The molecule has 1 aliphatic carbocycles. The number of hydrogen-bond donors (Lipinski definition) is 1. The molecule has 0 radical (unpaired) electrons. The van der Waals surface area contributed by atoms with Crippen molar-refractivity contribution in [3.05, 3.63) is 29.3 Å². The Kier molecular flexibility index (Phi) is 4.13. The van der Waals surface area contributed by atoms with Crippen LogP contribution in [0, 0.1) is 0 Å². The third-order valence-corrected chi connectivity index (χ3v) is 5.05. The molecule has 3 rings (SSSR count). The Balaban J connectivity index is 1.85. The molecular formula is C18H27N3O. The number of benzene rings is 1. The van der Waals surface area contributed by atoms with E-state index in [4.69, 9.17) is 5.73 Å². The number of anilines is 1. The van der Waals surface area contributed by atoms with Crippen molar-refractivity contribution < 1.29 is 4.79 Å². The average molecular weight is 301 g/mol. The predicted molar refractivity (Wildman–Crippen MR) is 90.3 cm³/mol. The summed E-state index contributed by atoms with van der Waals surface area (Å²) in [6.45, 7) is 7.04. The van der Waals surface area contributed by atoms with Gasteiger partial charge in [-0.3, -0.25) is 9.69 Å². The van der Waals surface area contributed by atoms with E-state index in [0.717, 1.165) is 19.0 Å². The molecule has 1 amide bonds. The summed E-state index contributed by atoms with van der Waals surface area (Å²) in [6, 6.07) is 6.66. The predicted octanol–water partition coefficient (Wildman–Crippen LogP) is 2.29. The van der Waals surface area contributed by atoms with Crippen LogP contribution in [0.3, 0.4) is 0 Å². The second kappa shape index (κ2) is 5.92. The fourth-order valence-electron chi connectivity index (χ4n) is 3.45. The smallest absolute Gasteiger partial charge is 0.236 e. The molecule has 0 spiro atoms. The Hall–Kier alpha value is -1.55. The minimum absolute atomic E-state index is 0.192. The van der Waals surface area contributed by atoms with Crippen LogP contribution in [-0.4, -0.2) is 43.5 Å². The number of nitrogens with zero attached hydrogens (tertiary/aromatic N) is 2. The van der Waals surface area contributed by atoms with E-state index < -0.39 is 0 Å². The lowest BCUT2D eigenvalue weighted by Crippen LogP contribution is -2.56. The lowest BCUT2D eigenvalue weighted by atomic mass is 9.93. The first-order chi connectivity index (χ1) is 10.5. The van der Waals surface area contributed by atoms with Crippen molar-refractivity contribution in [1.29, 1.82) is 0 Å². The van der Waals surface area contributed by atoms with Crippen LogP contribution in [0.1, 0.15) is 49.7 Å². The SMILES string of the molecule is CC(C)c1ccc(N2CCN(C)[C@H](C(N)=O)C2)cc1C1CC1.